The van der Waals surface area contributed by atoms with Gasteiger partial charge in [0.25, 0.3) is 0 Å². The van der Waals surface area contributed by atoms with Crippen LogP contribution >= 0.6 is 0 Å². The number of hydrogen-bond acceptors (Lipinski definition) is 4. The minimum Gasteiger partial charge on any atom is -0.349 e. The molecular weight excluding hydrogens is 287 g/mol. The summed E-state index contributed by atoms with van der Waals surface area (Å²) in [5.41, 5.74) is 0.605. The first-order valence-corrected chi connectivity index (χ1v) is 7.75. The fourth-order valence-corrected chi connectivity index (χ4v) is 3.04. The van der Waals surface area contributed by atoms with E-state index in [1.54, 1.807) is 12.1 Å². The van der Waals surface area contributed by atoms with Gasteiger partial charge in [0.2, 0.25) is 5.91 Å². The van der Waals surface area contributed by atoms with Crippen LogP contribution in [0.25, 0.3) is 0 Å². The maximum Gasteiger partial charge on any atom is 0.238 e. The highest BCUT2D eigenvalue weighted by Crippen LogP contribution is 2.24. The molecule has 6 heteroatoms. The highest BCUT2D eigenvalue weighted by atomic mass is 19.1. The van der Waals surface area contributed by atoms with Gasteiger partial charge in [0.1, 0.15) is 5.82 Å². The van der Waals surface area contributed by atoms with E-state index in [1.165, 1.54) is 12.1 Å². The van der Waals surface area contributed by atoms with E-state index < -0.39 is 0 Å². The lowest BCUT2D eigenvalue weighted by Crippen LogP contribution is -2.50. The second-order valence-corrected chi connectivity index (χ2v) is 5.70. The van der Waals surface area contributed by atoms with Crippen LogP contribution in [0.1, 0.15) is 19.3 Å². The summed E-state index contributed by atoms with van der Waals surface area (Å²) in [6, 6.07) is 5.92. The van der Waals surface area contributed by atoms with Gasteiger partial charge in [-0.25, -0.2) is 4.39 Å². The van der Waals surface area contributed by atoms with Crippen molar-refractivity contribution in [3.63, 3.8) is 0 Å². The van der Waals surface area contributed by atoms with Gasteiger partial charge in [0, 0.05) is 5.69 Å². The van der Waals surface area contributed by atoms with Gasteiger partial charge < -0.3 is 14.8 Å². The molecule has 2 fully saturated rings. The summed E-state index contributed by atoms with van der Waals surface area (Å²) in [6.45, 7) is 2.41. The second-order valence-electron chi connectivity index (χ2n) is 5.70. The molecule has 1 N–H and O–H groups in total. The Hall–Kier alpha value is -1.50. The van der Waals surface area contributed by atoms with E-state index in [4.69, 9.17) is 9.47 Å². The van der Waals surface area contributed by atoms with Crippen molar-refractivity contribution < 1.29 is 18.7 Å². The summed E-state index contributed by atoms with van der Waals surface area (Å²) in [5, 5.41) is 2.80. The molecule has 1 aromatic rings. The zero-order chi connectivity index (χ0) is 15.4. The van der Waals surface area contributed by atoms with E-state index in [0.29, 0.717) is 25.4 Å². The Bertz CT molecular complexity index is 503. The zero-order valence-electron chi connectivity index (χ0n) is 12.5. The van der Waals surface area contributed by atoms with Crippen molar-refractivity contribution in [3.8, 4) is 0 Å². The lowest BCUT2D eigenvalue weighted by atomic mass is 10.0. The molecule has 0 radical (unpaired) electrons. The SMILES string of the molecule is O=C(CN1CCCCC1C1OCCO1)Nc1ccc(F)cc1. The highest BCUT2D eigenvalue weighted by Gasteiger charge is 2.34. The maximum atomic E-state index is 12.9. The number of ether oxygens (including phenoxy) is 2. The Morgan fingerprint density at radius 1 is 1.23 bits per heavy atom. The van der Waals surface area contributed by atoms with Crippen LogP contribution in [0.15, 0.2) is 24.3 Å². The molecule has 0 aliphatic carbocycles. The van der Waals surface area contributed by atoms with E-state index >= 15 is 0 Å². The number of benzene rings is 1. The van der Waals surface area contributed by atoms with E-state index in [1.807, 2.05) is 0 Å². The molecule has 22 heavy (non-hydrogen) atoms. The Balaban J connectivity index is 1.57. The van der Waals surface area contributed by atoms with E-state index in [-0.39, 0.29) is 24.1 Å². The van der Waals surface area contributed by atoms with E-state index in [9.17, 15) is 9.18 Å². The fraction of sp³-hybridized carbons (Fsp3) is 0.562. The van der Waals surface area contributed by atoms with Crippen molar-refractivity contribution in [1.29, 1.82) is 0 Å². The molecule has 1 aromatic carbocycles. The van der Waals surface area contributed by atoms with Gasteiger partial charge in [-0.1, -0.05) is 6.42 Å². The Morgan fingerprint density at radius 3 is 2.68 bits per heavy atom. The lowest BCUT2D eigenvalue weighted by molar-refractivity contribution is -0.127. The summed E-state index contributed by atoms with van der Waals surface area (Å²) >= 11 is 0. The topological polar surface area (TPSA) is 50.8 Å². The largest absolute Gasteiger partial charge is 0.349 e. The zero-order valence-corrected chi connectivity index (χ0v) is 12.5. The summed E-state index contributed by atoms with van der Waals surface area (Å²) in [6.07, 6.45) is 2.96. The third-order valence-electron chi connectivity index (χ3n) is 4.10. The van der Waals surface area contributed by atoms with Gasteiger partial charge in [-0.15, -0.1) is 0 Å². The average molecular weight is 308 g/mol. The van der Waals surface area contributed by atoms with Crippen molar-refractivity contribution in [2.45, 2.75) is 31.6 Å². The van der Waals surface area contributed by atoms with Crippen LogP contribution in [-0.4, -0.2) is 49.4 Å². The van der Waals surface area contributed by atoms with Gasteiger partial charge in [0.15, 0.2) is 6.29 Å². The first kappa shape index (κ1) is 15.4. The fourth-order valence-electron chi connectivity index (χ4n) is 3.04. The number of amides is 1. The van der Waals surface area contributed by atoms with Crippen LogP contribution in [-0.2, 0) is 14.3 Å². The Morgan fingerprint density at radius 2 is 1.95 bits per heavy atom. The van der Waals surface area contributed by atoms with Gasteiger partial charge in [-0.05, 0) is 43.7 Å². The third-order valence-corrected chi connectivity index (χ3v) is 4.10. The molecule has 0 aromatic heterocycles. The minimum absolute atomic E-state index is 0.100. The summed E-state index contributed by atoms with van der Waals surface area (Å²) in [7, 11) is 0. The van der Waals surface area contributed by atoms with Gasteiger partial charge in [0.05, 0.1) is 25.8 Å². The number of piperidine rings is 1. The molecular formula is C16H21FN2O3. The number of hydrogen-bond donors (Lipinski definition) is 1. The highest BCUT2D eigenvalue weighted by molar-refractivity contribution is 5.92. The number of likely N-dealkylation sites (tertiary alicyclic amines) is 1. The average Bonchev–Trinajstić information content (AvgIpc) is 3.04. The van der Waals surface area contributed by atoms with E-state index in [2.05, 4.69) is 10.2 Å². The maximum absolute atomic E-state index is 12.9. The van der Waals surface area contributed by atoms with Crippen LogP contribution < -0.4 is 5.32 Å². The second kappa shape index (κ2) is 7.17. The molecule has 2 aliphatic heterocycles. The summed E-state index contributed by atoms with van der Waals surface area (Å²) < 4.78 is 24.1. The number of nitrogens with one attached hydrogen (secondary N) is 1. The van der Waals surface area contributed by atoms with Crippen molar-refractivity contribution in [1.82, 2.24) is 4.90 Å². The molecule has 2 saturated heterocycles. The van der Waals surface area contributed by atoms with Crippen LogP contribution in [0.2, 0.25) is 0 Å². The van der Waals surface area contributed by atoms with Gasteiger partial charge in [-0.2, -0.15) is 0 Å². The van der Waals surface area contributed by atoms with Crippen LogP contribution in [0, 0.1) is 5.82 Å². The number of carbonyl (C=O) groups excluding carboxylic acids is 1. The first-order valence-electron chi connectivity index (χ1n) is 7.75. The predicted molar refractivity (Wildman–Crippen MR) is 79.9 cm³/mol. The van der Waals surface area contributed by atoms with Crippen molar-refractivity contribution in [2.75, 3.05) is 31.6 Å². The molecule has 1 atom stereocenters. The van der Waals surface area contributed by atoms with Crippen LogP contribution in [0.3, 0.4) is 0 Å². The quantitative estimate of drug-likeness (QED) is 0.924. The standard InChI is InChI=1S/C16H21FN2O3/c17-12-4-6-13(7-5-12)18-15(20)11-19-8-2-1-3-14(19)16-21-9-10-22-16/h4-7,14,16H,1-3,8-11H2,(H,18,20). The normalized spacial score (nSPS) is 23.6. The van der Waals surface area contributed by atoms with Crippen LogP contribution in [0.5, 0.6) is 0 Å². The molecule has 3 rings (SSSR count). The first-order chi connectivity index (χ1) is 10.7. The Labute approximate surface area is 129 Å². The van der Waals surface area contributed by atoms with Crippen molar-refractivity contribution >= 4 is 11.6 Å². The molecule has 1 unspecified atom stereocenters. The van der Waals surface area contributed by atoms with Crippen molar-refractivity contribution in [2.24, 2.45) is 0 Å². The molecule has 2 aliphatic rings. The lowest BCUT2D eigenvalue weighted by Gasteiger charge is -2.37. The molecule has 1 amide bonds. The molecule has 5 nitrogen and oxygen atoms in total. The molecule has 120 valence electrons. The third kappa shape index (κ3) is 3.82. The molecule has 0 bridgehead atoms. The number of anilines is 1. The monoisotopic (exact) mass is 308 g/mol. The summed E-state index contributed by atoms with van der Waals surface area (Å²) in [5.74, 6) is -0.416. The number of carbonyl (C=O) groups is 1. The number of rotatable bonds is 4. The van der Waals surface area contributed by atoms with Gasteiger partial charge >= 0.3 is 0 Å². The number of halogens is 1. The van der Waals surface area contributed by atoms with Crippen molar-refractivity contribution in [3.05, 3.63) is 30.1 Å². The Kier molecular flexibility index (Phi) is 5.02. The minimum atomic E-state index is -0.315. The molecule has 0 saturated carbocycles. The molecule has 0 spiro atoms. The van der Waals surface area contributed by atoms with E-state index in [0.717, 1.165) is 25.8 Å². The van der Waals surface area contributed by atoms with Crippen LogP contribution in [0.4, 0.5) is 10.1 Å². The number of nitrogens with zero attached hydrogens (tertiary/aromatic N) is 1. The summed E-state index contributed by atoms with van der Waals surface area (Å²) in [4.78, 5) is 14.3. The smallest absolute Gasteiger partial charge is 0.238 e. The van der Waals surface area contributed by atoms with Gasteiger partial charge in [-0.3, -0.25) is 9.69 Å². The predicted octanol–water partition coefficient (Wildman–Crippen LogP) is 1.99. The molecule has 2 heterocycles.